The van der Waals surface area contributed by atoms with Gasteiger partial charge in [0.15, 0.2) is 0 Å². The van der Waals surface area contributed by atoms with Gasteiger partial charge in [-0.15, -0.1) is 0 Å². The highest BCUT2D eigenvalue weighted by Crippen LogP contribution is 2.32. The predicted molar refractivity (Wildman–Crippen MR) is 123 cm³/mol. The molecule has 0 bridgehead atoms. The topological polar surface area (TPSA) is 36.9 Å². The van der Waals surface area contributed by atoms with E-state index in [4.69, 9.17) is 18.9 Å². The molecule has 4 nitrogen and oxygen atoms in total. The summed E-state index contributed by atoms with van der Waals surface area (Å²) in [5.74, 6) is 3.21. The molecule has 0 amide bonds. The van der Waals surface area contributed by atoms with Crippen molar-refractivity contribution in [2.75, 3.05) is 28.4 Å². The van der Waals surface area contributed by atoms with Gasteiger partial charge in [-0.1, -0.05) is 48.6 Å². The molecule has 30 heavy (non-hydrogen) atoms. The SMILES string of the molecule is COc1ccc(C=Cc2cc(OC)c(C=Cc3ccc(OC)cc3)cc2OC)cc1. The van der Waals surface area contributed by atoms with Crippen LogP contribution in [0.1, 0.15) is 22.3 Å². The van der Waals surface area contributed by atoms with Gasteiger partial charge in [0, 0.05) is 11.1 Å². The first-order chi connectivity index (χ1) is 14.7. The lowest BCUT2D eigenvalue weighted by atomic mass is 10.1. The highest BCUT2D eigenvalue weighted by molar-refractivity contribution is 5.79. The second-order valence-corrected chi connectivity index (χ2v) is 6.55. The summed E-state index contributed by atoms with van der Waals surface area (Å²) in [7, 11) is 6.66. The van der Waals surface area contributed by atoms with Crippen molar-refractivity contribution in [2.45, 2.75) is 0 Å². The highest BCUT2D eigenvalue weighted by Gasteiger charge is 2.08. The summed E-state index contributed by atoms with van der Waals surface area (Å²) in [6.07, 6.45) is 8.09. The van der Waals surface area contributed by atoms with Crippen molar-refractivity contribution in [3.8, 4) is 23.0 Å². The first-order valence-corrected chi connectivity index (χ1v) is 9.57. The largest absolute Gasteiger partial charge is 0.497 e. The van der Waals surface area contributed by atoms with E-state index in [0.717, 1.165) is 45.3 Å². The Morgan fingerprint density at radius 1 is 0.467 bits per heavy atom. The number of benzene rings is 3. The van der Waals surface area contributed by atoms with Gasteiger partial charge < -0.3 is 18.9 Å². The second kappa shape index (κ2) is 10.2. The maximum atomic E-state index is 5.62. The number of methoxy groups -OCH3 is 4. The normalized spacial score (nSPS) is 11.1. The Morgan fingerprint density at radius 3 is 1.13 bits per heavy atom. The van der Waals surface area contributed by atoms with Gasteiger partial charge in [-0.25, -0.2) is 0 Å². The molecule has 3 rings (SSSR count). The Hall–Kier alpha value is -3.66. The van der Waals surface area contributed by atoms with E-state index in [1.165, 1.54) is 0 Å². The second-order valence-electron chi connectivity index (χ2n) is 6.55. The predicted octanol–water partition coefficient (Wildman–Crippen LogP) is 6.06. The van der Waals surface area contributed by atoms with Crippen molar-refractivity contribution < 1.29 is 18.9 Å². The van der Waals surface area contributed by atoms with Crippen molar-refractivity contribution in [1.29, 1.82) is 0 Å². The number of rotatable bonds is 8. The fourth-order valence-corrected chi connectivity index (χ4v) is 3.01. The molecule has 154 valence electrons. The van der Waals surface area contributed by atoms with Gasteiger partial charge >= 0.3 is 0 Å². The minimum absolute atomic E-state index is 0.773. The zero-order chi connectivity index (χ0) is 21.3. The van der Waals surface area contributed by atoms with Crippen LogP contribution in [-0.2, 0) is 0 Å². The fourth-order valence-electron chi connectivity index (χ4n) is 3.01. The summed E-state index contributed by atoms with van der Waals surface area (Å²) in [5, 5.41) is 0. The Balaban J connectivity index is 1.86. The molecule has 0 aromatic heterocycles. The summed E-state index contributed by atoms with van der Waals surface area (Å²) < 4.78 is 21.6. The standard InChI is InChI=1S/C26H26O4/c1-27-23-13-7-19(8-14-23)5-11-21-17-26(30-4)22(18-25(21)29-3)12-6-20-9-15-24(28-2)16-10-20/h5-18H,1-4H3. The molecule has 0 radical (unpaired) electrons. The van der Waals surface area contributed by atoms with Crippen LogP contribution in [0.5, 0.6) is 23.0 Å². The van der Waals surface area contributed by atoms with Crippen LogP contribution in [0.15, 0.2) is 60.7 Å². The van der Waals surface area contributed by atoms with Crippen molar-refractivity contribution in [3.05, 3.63) is 82.9 Å². The molecule has 0 atom stereocenters. The minimum atomic E-state index is 0.773. The van der Waals surface area contributed by atoms with E-state index in [0.29, 0.717) is 0 Å². The molecule has 0 N–H and O–H groups in total. The van der Waals surface area contributed by atoms with Crippen LogP contribution >= 0.6 is 0 Å². The summed E-state index contributed by atoms with van der Waals surface area (Å²) >= 11 is 0. The fraction of sp³-hybridized carbons (Fsp3) is 0.154. The van der Waals surface area contributed by atoms with E-state index in [9.17, 15) is 0 Å². The van der Waals surface area contributed by atoms with Crippen LogP contribution in [0.2, 0.25) is 0 Å². The maximum Gasteiger partial charge on any atom is 0.126 e. The maximum absolute atomic E-state index is 5.62. The first-order valence-electron chi connectivity index (χ1n) is 9.57. The average Bonchev–Trinajstić information content (AvgIpc) is 2.81. The Morgan fingerprint density at radius 2 is 0.833 bits per heavy atom. The van der Waals surface area contributed by atoms with Gasteiger partial charge in [0.05, 0.1) is 28.4 Å². The van der Waals surface area contributed by atoms with E-state index >= 15 is 0 Å². The third-order valence-corrected chi connectivity index (χ3v) is 4.72. The lowest BCUT2D eigenvalue weighted by Gasteiger charge is -2.11. The minimum Gasteiger partial charge on any atom is -0.497 e. The molecule has 0 saturated heterocycles. The molecular formula is C26H26O4. The van der Waals surface area contributed by atoms with E-state index in [-0.39, 0.29) is 0 Å². The monoisotopic (exact) mass is 402 g/mol. The molecule has 0 aliphatic heterocycles. The van der Waals surface area contributed by atoms with Crippen molar-refractivity contribution >= 4 is 24.3 Å². The summed E-state index contributed by atoms with van der Waals surface area (Å²) in [6, 6.07) is 19.7. The van der Waals surface area contributed by atoms with Gasteiger partial charge in [-0.05, 0) is 47.5 Å². The smallest absolute Gasteiger partial charge is 0.126 e. The van der Waals surface area contributed by atoms with Gasteiger partial charge in [0.25, 0.3) is 0 Å². The molecular weight excluding hydrogens is 376 g/mol. The molecule has 0 heterocycles. The molecule has 3 aromatic carbocycles. The number of hydrogen-bond acceptors (Lipinski definition) is 4. The lowest BCUT2D eigenvalue weighted by molar-refractivity contribution is 0.401. The molecule has 4 heteroatoms. The molecule has 0 spiro atoms. The quantitative estimate of drug-likeness (QED) is 0.429. The third kappa shape index (κ3) is 5.23. The Kier molecular flexibility index (Phi) is 7.17. The van der Waals surface area contributed by atoms with Gasteiger partial charge in [-0.2, -0.15) is 0 Å². The molecule has 0 aliphatic rings. The van der Waals surface area contributed by atoms with E-state index in [1.807, 2.05) is 85.0 Å². The first kappa shape index (κ1) is 21.1. The van der Waals surface area contributed by atoms with Crippen molar-refractivity contribution in [1.82, 2.24) is 0 Å². The third-order valence-electron chi connectivity index (χ3n) is 4.72. The molecule has 0 saturated carbocycles. The molecule has 0 fully saturated rings. The number of ether oxygens (including phenoxy) is 4. The van der Waals surface area contributed by atoms with Gasteiger partial charge in [0.1, 0.15) is 23.0 Å². The summed E-state index contributed by atoms with van der Waals surface area (Å²) in [6.45, 7) is 0. The van der Waals surface area contributed by atoms with Crippen LogP contribution in [0, 0.1) is 0 Å². The van der Waals surface area contributed by atoms with Crippen LogP contribution in [-0.4, -0.2) is 28.4 Å². The molecule has 0 aliphatic carbocycles. The van der Waals surface area contributed by atoms with E-state index in [2.05, 4.69) is 0 Å². The van der Waals surface area contributed by atoms with Crippen molar-refractivity contribution in [3.63, 3.8) is 0 Å². The molecule has 3 aromatic rings. The van der Waals surface area contributed by atoms with Gasteiger partial charge in [0.2, 0.25) is 0 Å². The number of hydrogen-bond donors (Lipinski definition) is 0. The van der Waals surface area contributed by atoms with Crippen molar-refractivity contribution in [2.24, 2.45) is 0 Å². The van der Waals surface area contributed by atoms with Gasteiger partial charge in [-0.3, -0.25) is 0 Å². The van der Waals surface area contributed by atoms with E-state index in [1.54, 1.807) is 28.4 Å². The lowest BCUT2D eigenvalue weighted by Crippen LogP contribution is -1.93. The zero-order valence-corrected chi connectivity index (χ0v) is 17.7. The molecule has 0 unspecified atom stereocenters. The van der Waals surface area contributed by atoms with Crippen LogP contribution in [0.4, 0.5) is 0 Å². The zero-order valence-electron chi connectivity index (χ0n) is 17.7. The van der Waals surface area contributed by atoms with Crippen LogP contribution < -0.4 is 18.9 Å². The summed E-state index contributed by atoms with van der Waals surface area (Å²) in [4.78, 5) is 0. The Bertz CT molecular complexity index is 931. The summed E-state index contributed by atoms with van der Waals surface area (Å²) in [5.41, 5.74) is 4.01. The van der Waals surface area contributed by atoms with Crippen LogP contribution in [0.3, 0.4) is 0 Å². The van der Waals surface area contributed by atoms with Crippen LogP contribution in [0.25, 0.3) is 24.3 Å². The highest BCUT2D eigenvalue weighted by atomic mass is 16.5. The van der Waals surface area contributed by atoms with E-state index < -0.39 is 0 Å². The average molecular weight is 402 g/mol. The Labute approximate surface area is 178 Å².